The van der Waals surface area contributed by atoms with Gasteiger partial charge in [-0.1, -0.05) is 26.7 Å². The zero-order chi connectivity index (χ0) is 16.6. The summed E-state index contributed by atoms with van der Waals surface area (Å²) in [6.07, 6.45) is 18.0. The van der Waals surface area contributed by atoms with E-state index in [4.69, 9.17) is 11.6 Å². The largest absolute Gasteiger partial charge is 0.341 e. The van der Waals surface area contributed by atoms with E-state index in [2.05, 4.69) is 53.7 Å². The Kier molecular flexibility index (Phi) is 13.8. The van der Waals surface area contributed by atoms with E-state index in [0.29, 0.717) is 0 Å². The lowest BCUT2D eigenvalue weighted by Gasteiger charge is -1.93. The van der Waals surface area contributed by atoms with Crippen molar-refractivity contribution in [3.63, 3.8) is 0 Å². The van der Waals surface area contributed by atoms with E-state index >= 15 is 0 Å². The minimum absolute atomic E-state index is 0.816. The molecule has 0 amide bonds. The van der Waals surface area contributed by atoms with E-state index in [1.165, 1.54) is 25.7 Å². The van der Waals surface area contributed by atoms with Crippen LogP contribution in [0.3, 0.4) is 0 Å². The van der Waals surface area contributed by atoms with Gasteiger partial charge in [-0.25, -0.2) is 14.1 Å². The number of halogens is 1. The van der Waals surface area contributed by atoms with E-state index in [0.717, 1.165) is 18.8 Å². The molecule has 0 aliphatic heterocycles. The van der Waals surface area contributed by atoms with Crippen LogP contribution in [0.15, 0.2) is 37.4 Å². The lowest BCUT2D eigenvalue weighted by molar-refractivity contribution is -0.671. The van der Waals surface area contributed by atoms with Crippen molar-refractivity contribution in [3.8, 4) is 0 Å². The summed E-state index contributed by atoms with van der Waals surface area (Å²) >= 11 is 5.30. The summed E-state index contributed by atoms with van der Waals surface area (Å²) in [5.74, 6) is 0.816. The van der Waals surface area contributed by atoms with Crippen molar-refractivity contribution in [1.29, 1.82) is 0 Å². The number of imidazole rings is 2. The van der Waals surface area contributed by atoms with Crippen molar-refractivity contribution < 1.29 is 4.57 Å². The Bertz CT molecular complexity index is 435. The molecule has 0 atom stereocenters. The molecule has 0 N–H and O–H groups in total. The van der Waals surface area contributed by atoms with Gasteiger partial charge in [-0.3, -0.25) is 0 Å². The summed E-state index contributed by atoms with van der Waals surface area (Å²) in [4.78, 5) is 3.78. The fourth-order valence-electron chi connectivity index (χ4n) is 1.64. The average molecular weight is 328 g/mol. The molecule has 0 aliphatic rings. The molecule has 0 fully saturated rings. The van der Waals surface area contributed by atoms with E-state index in [1.54, 1.807) is 12.5 Å². The van der Waals surface area contributed by atoms with Crippen LogP contribution in [0.1, 0.15) is 46.0 Å². The highest BCUT2D eigenvalue weighted by atomic mass is 35.5. The lowest BCUT2D eigenvalue weighted by atomic mass is 10.2. The van der Waals surface area contributed by atoms with E-state index in [-0.39, 0.29) is 0 Å². The lowest BCUT2D eigenvalue weighted by Crippen LogP contribution is -2.23. The highest BCUT2D eigenvalue weighted by molar-refractivity contribution is 6.17. The monoisotopic (exact) mass is 327 g/mol. The van der Waals surface area contributed by atoms with Crippen LogP contribution in [-0.4, -0.2) is 20.0 Å². The van der Waals surface area contributed by atoms with Gasteiger partial charge in [0.1, 0.15) is 12.4 Å². The quantitative estimate of drug-likeness (QED) is 0.448. The zero-order valence-corrected chi connectivity index (χ0v) is 15.3. The number of unbranched alkanes of at least 4 members (excludes halogenated alkanes) is 3. The van der Waals surface area contributed by atoms with Gasteiger partial charge in [0.05, 0.1) is 19.9 Å². The molecular formula is C17H32ClN4+. The standard InChI is InChI=1S/C9H17N2.C4H9Cl.C4H6N2/c1-3-4-5-6-11-8-7-10(2)9-11;1-2-3-4-5;1-6-3-2-5-4-6/h7-9H,3-6H2,1-2H3;2-4H2,1H3;2-4H,1H3/q+1;;. The topological polar surface area (TPSA) is 26.6 Å². The number of nitrogens with zero attached hydrogens (tertiary/aromatic N) is 4. The number of aryl methyl sites for hydroxylation is 3. The molecule has 0 saturated heterocycles. The van der Waals surface area contributed by atoms with Gasteiger partial charge < -0.3 is 4.57 Å². The second kappa shape index (κ2) is 14.6. The van der Waals surface area contributed by atoms with Crippen molar-refractivity contribution >= 4 is 11.6 Å². The number of aromatic nitrogens is 4. The summed E-state index contributed by atoms with van der Waals surface area (Å²) in [5, 5.41) is 0. The molecule has 4 nitrogen and oxygen atoms in total. The predicted molar refractivity (Wildman–Crippen MR) is 94.0 cm³/mol. The van der Waals surface area contributed by atoms with Crippen LogP contribution in [0.4, 0.5) is 0 Å². The van der Waals surface area contributed by atoms with Gasteiger partial charge in [-0.05, 0) is 19.3 Å². The fraction of sp³-hybridized carbons (Fsp3) is 0.647. The SMILES string of the molecule is CCCCCl.CCCCCn1cc[n+](C)c1.Cn1ccnc1. The Balaban J connectivity index is 0.000000338. The molecule has 0 aliphatic carbocycles. The minimum atomic E-state index is 0.816. The van der Waals surface area contributed by atoms with Gasteiger partial charge in [-0.2, -0.15) is 0 Å². The highest BCUT2D eigenvalue weighted by Gasteiger charge is 1.97. The Hall–Kier alpha value is -1.29. The molecule has 0 unspecified atom stereocenters. The Morgan fingerprint density at radius 2 is 1.82 bits per heavy atom. The first-order valence-corrected chi connectivity index (χ1v) is 8.66. The van der Waals surface area contributed by atoms with Crippen LogP contribution in [-0.2, 0) is 20.6 Å². The summed E-state index contributed by atoms with van der Waals surface area (Å²) in [5.41, 5.74) is 0. The van der Waals surface area contributed by atoms with Crippen LogP contribution in [0.2, 0.25) is 0 Å². The smallest absolute Gasteiger partial charge is 0.243 e. The molecule has 0 bridgehead atoms. The second-order valence-corrected chi connectivity index (χ2v) is 5.67. The van der Waals surface area contributed by atoms with Crippen molar-refractivity contribution in [1.82, 2.24) is 14.1 Å². The van der Waals surface area contributed by atoms with Crippen LogP contribution >= 0.6 is 11.6 Å². The molecule has 0 spiro atoms. The van der Waals surface area contributed by atoms with Crippen LogP contribution < -0.4 is 4.57 Å². The number of hydrogen-bond acceptors (Lipinski definition) is 1. The molecule has 2 rings (SSSR count). The first-order valence-electron chi connectivity index (χ1n) is 8.12. The zero-order valence-electron chi connectivity index (χ0n) is 14.6. The molecule has 2 heterocycles. The highest BCUT2D eigenvalue weighted by Crippen LogP contribution is 1.96. The molecule has 5 heteroatoms. The Morgan fingerprint density at radius 3 is 2.14 bits per heavy atom. The van der Waals surface area contributed by atoms with Gasteiger partial charge >= 0.3 is 0 Å². The van der Waals surface area contributed by atoms with Crippen LogP contribution in [0.25, 0.3) is 0 Å². The van der Waals surface area contributed by atoms with Crippen molar-refractivity contribution in [2.75, 3.05) is 5.88 Å². The average Bonchev–Trinajstić information content (AvgIpc) is 3.13. The maximum absolute atomic E-state index is 5.30. The van der Waals surface area contributed by atoms with Crippen LogP contribution in [0.5, 0.6) is 0 Å². The fourth-order valence-corrected chi connectivity index (χ4v) is 1.91. The third kappa shape index (κ3) is 12.5. The third-order valence-corrected chi connectivity index (χ3v) is 3.23. The van der Waals surface area contributed by atoms with Gasteiger partial charge in [0, 0.05) is 25.3 Å². The van der Waals surface area contributed by atoms with Crippen molar-refractivity contribution in [2.24, 2.45) is 14.1 Å². The molecule has 0 radical (unpaired) electrons. The predicted octanol–water partition coefficient (Wildman–Crippen LogP) is 3.95. The van der Waals surface area contributed by atoms with E-state index in [9.17, 15) is 0 Å². The van der Waals surface area contributed by atoms with Gasteiger partial charge in [0.2, 0.25) is 6.33 Å². The minimum Gasteiger partial charge on any atom is -0.341 e. The Labute approximate surface area is 140 Å². The second-order valence-electron chi connectivity index (χ2n) is 5.29. The number of alkyl halides is 1. The third-order valence-electron chi connectivity index (χ3n) is 2.97. The maximum atomic E-state index is 5.30. The Morgan fingerprint density at radius 1 is 1.09 bits per heavy atom. The van der Waals surface area contributed by atoms with Crippen molar-refractivity contribution in [2.45, 2.75) is 52.5 Å². The van der Waals surface area contributed by atoms with Gasteiger partial charge in [0.15, 0.2) is 0 Å². The molecular weight excluding hydrogens is 296 g/mol. The van der Waals surface area contributed by atoms with Gasteiger partial charge in [0.25, 0.3) is 0 Å². The number of rotatable bonds is 6. The molecule has 126 valence electrons. The van der Waals surface area contributed by atoms with Crippen molar-refractivity contribution in [3.05, 3.63) is 37.4 Å². The molecule has 22 heavy (non-hydrogen) atoms. The van der Waals surface area contributed by atoms with E-state index < -0.39 is 0 Å². The van der Waals surface area contributed by atoms with Crippen LogP contribution in [0, 0.1) is 0 Å². The van der Waals surface area contributed by atoms with E-state index in [1.807, 2.05) is 17.8 Å². The first-order chi connectivity index (χ1) is 10.6. The van der Waals surface area contributed by atoms with Gasteiger partial charge in [-0.15, -0.1) is 11.6 Å². The molecule has 2 aromatic heterocycles. The molecule has 0 aromatic carbocycles. The summed E-state index contributed by atoms with van der Waals surface area (Å²) in [6.45, 7) is 5.52. The summed E-state index contributed by atoms with van der Waals surface area (Å²) < 4.78 is 6.20. The summed E-state index contributed by atoms with van der Waals surface area (Å²) in [6, 6.07) is 0. The summed E-state index contributed by atoms with van der Waals surface area (Å²) in [7, 11) is 3.99. The first kappa shape index (κ1) is 20.7. The normalized spacial score (nSPS) is 9.50. The number of hydrogen-bond donors (Lipinski definition) is 0. The molecule has 0 saturated carbocycles. The molecule has 2 aromatic rings. The maximum Gasteiger partial charge on any atom is 0.243 e.